The van der Waals surface area contributed by atoms with Gasteiger partial charge < -0.3 is 10.4 Å². The van der Waals surface area contributed by atoms with Crippen LogP contribution in [0.25, 0.3) is 0 Å². The van der Waals surface area contributed by atoms with Gasteiger partial charge in [0.2, 0.25) is 5.91 Å². The topological polar surface area (TPSA) is 49.3 Å². The molecule has 2 atom stereocenters. The maximum Gasteiger partial charge on any atom is 0.223 e. The van der Waals surface area contributed by atoms with Gasteiger partial charge in [-0.05, 0) is 5.56 Å². The second-order valence-corrected chi connectivity index (χ2v) is 3.23. The highest BCUT2D eigenvalue weighted by Crippen LogP contribution is 2.23. The largest absolute Gasteiger partial charge is 0.390 e. The van der Waals surface area contributed by atoms with E-state index < -0.39 is 6.10 Å². The second kappa shape index (κ2) is 3.18. The number of benzene rings is 1. The molecular formula is C10H11NO2. The molecule has 1 saturated heterocycles. The maximum absolute atomic E-state index is 11.0. The predicted octanol–water partition coefficient (Wildman–Crippen LogP) is 0.608. The highest BCUT2D eigenvalue weighted by molar-refractivity contribution is 5.79. The number of hydrogen-bond donors (Lipinski definition) is 2. The van der Waals surface area contributed by atoms with Crippen LogP contribution in [0.2, 0.25) is 0 Å². The zero-order valence-corrected chi connectivity index (χ0v) is 7.10. The summed E-state index contributed by atoms with van der Waals surface area (Å²) in [5, 5.41) is 12.3. The van der Waals surface area contributed by atoms with E-state index in [1.54, 1.807) is 0 Å². The Kier molecular flexibility index (Phi) is 2.02. The average molecular weight is 177 g/mol. The first-order valence-electron chi connectivity index (χ1n) is 4.30. The van der Waals surface area contributed by atoms with E-state index in [2.05, 4.69) is 5.32 Å². The van der Waals surface area contributed by atoms with Gasteiger partial charge in [0.25, 0.3) is 0 Å². The molecule has 68 valence electrons. The van der Waals surface area contributed by atoms with Gasteiger partial charge in [-0.3, -0.25) is 4.79 Å². The Morgan fingerprint density at radius 3 is 2.54 bits per heavy atom. The molecule has 3 heteroatoms. The monoisotopic (exact) mass is 177 g/mol. The van der Waals surface area contributed by atoms with Gasteiger partial charge in [0.05, 0.1) is 18.6 Å². The van der Waals surface area contributed by atoms with E-state index >= 15 is 0 Å². The standard InChI is InChI=1S/C10H11NO2/c12-8-6-9(13)11-10(8)7-4-2-1-3-5-7/h1-5,8,10,12H,6H2,(H,11,13)/t8-,10-/m0/s1. The van der Waals surface area contributed by atoms with Crippen LogP contribution in [0.3, 0.4) is 0 Å². The minimum absolute atomic E-state index is 0.0821. The lowest BCUT2D eigenvalue weighted by molar-refractivity contribution is -0.119. The van der Waals surface area contributed by atoms with Gasteiger partial charge in [0.1, 0.15) is 0 Å². The Hall–Kier alpha value is -1.35. The molecule has 1 aromatic rings. The molecule has 1 aromatic carbocycles. The van der Waals surface area contributed by atoms with E-state index in [9.17, 15) is 9.90 Å². The second-order valence-electron chi connectivity index (χ2n) is 3.23. The third-order valence-corrected chi connectivity index (χ3v) is 2.25. The van der Waals surface area contributed by atoms with Crippen molar-refractivity contribution in [3.8, 4) is 0 Å². The fourth-order valence-electron chi connectivity index (χ4n) is 1.60. The van der Waals surface area contributed by atoms with Crippen molar-refractivity contribution in [2.75, 3.05) is 0 Å². The van der Waals surface area contributed by atoms with Crippen LogP contribution < -0.4 is 5.32 Å². The van der Waals surface area contributed by atoms with E-state index in [4.69, 9.17) is 0 Å². The smallest absolute Gasteiger partial charge is 0.223 e. The van der Waals surface area contributed by atoms with Crippen molar-refractivity contribution in [2.24, 2.45) is 0 Å². The molecule has 0 saturated carbocycles. The molecule has 2 rings (SSSR count). The summed E-state index contributed by atoms with van der Waals surface area (Å²) in [7, 11) is 0. The Labute approximate surface area is 76.4 Å². The van der Waals surface area contributed by atoms with Gasteiger partial charge in [0, 0.05) is 0 Å². The number of rotatable bonds is 1. The van der Waals surface area contributed by atoms with Crippen molar-refractivity contribution in [1.29, 1.82) is 0 Å². The van der Waals surface area contributed by atoms with E-state index in [-0.39, 0.29) is 18.4 Å². The lowest BCUT2D eigenvalue weighted by atomic mass is 10.0. The summed E-state index contributed by atoms with van der Waals surface area (Å²) in [6.45, 7) is 0. The van der Waals surface area contributed by atoms with Gasteiger partial charge in [-0.1, -0.05) is 30.3 Å². The van der Waals surface area contributed by atoms with E-state index in [0.29, 0.717) is 0 Å². The summed E-state index contributed by atoms with van der Waals surface area (Å²) in [5.74, 6) is -0.0821. The Bertz CT molecular complexity index is 310. The average Bonchev–Trinajstić information content (AvgIpc) is 2.47. The van der Waals surface area contributed by atoms with Crippen molar-refractivity contribution in [1.82, 2.24) is 5.32 Å². The van der Waals surface area contributed by atoms with Crippen molar-refractivity contribution < 1.29 is 9.90 Å². The number of nitrogens with one attached hydrogen (secondary N) is 1. The van der Waals surface area contributed by atoms with Crippen LogP contribution in [0.5, 0.6) is 0 Å². The summed E-state index contributed by atoms with van der Waals surface area (Å²) in [6.07, 6.45) is -0.380. The van der Waals surface area contributed by atoms with Gasteiger partial charge >= 0.3 is 0 Å². The fourth-order valence-corrected chi connectivity index (χ4v) is 1.60. The molecular weight excluding hydrogens is 166 g/mol. The third kappa shape index (κ3) is 1.55. The van der Waals surface area contributed by atoms with Crippen LogP contribution in [0.15, 0.2) is 30.3 Å². The molecule has 1 amide bonds. The Morgan fingerprint density at radius 1 is 1.31 bits per heavy atom. The lowest BCUT2D eigenvalue weighted by Gasteiger charge is -2.13. The van der Waals surface area contributed by atoms with Crippen LogP contribution in [-0.2, 0) is 4.79 Å². The normalized spacial score (nSPS) is 27.3. The first kappa shape index (κ1) is 8.26. The molecule has 2 N–H and O–H groups in total. The first-order valence-corrected chi connectivity index (χ1v) is 4.30. The summed E-state index contributed by atoms with van der Waals surface area (Å²) in [6, 6.07) is 9.28. The zero-order chi connectivity index (χ0) is 9.26. The number of carbonyl (C=O) groups excluding carboxylic acids is 1. The molecule has 0 spiro atoms. The summed E-state index contributed by atoms with van der Waals surface area (Å²) in [5.41, 5.74) is 0.959. The molecule has 0 unspecified atom stereocenters. The molecule has 1 fully saturated rings. The number of aliphatic hydroxyl groups is 1. The number of amides is 1. The Morgan fingerprint density at radius 2 is 2.00 bits per heavy atom. The number of hydrogen-bond acceptors (Lipinski definition) is 2. The van der Waals surface area contributed by atoms with Crippen LogP contribution in [0, 0.1) is 0 Å². The summed E-state index contributed by atoms with van der Waals surface area (Å²) >= 11 is 0. The third-order valence-electron chi connectivity index (χ3n) is 2.25. The summed E-state index contributed by atoms with van der Waals surface area (Å²) in [4.78, 5) is 11.0. The molecule has 0 aliphatic carbocycles. The highest BCUT2D eigenvalue weighted by Gasteiger charge is 2.31. The minimum atomic E-state index is -0.588. The van der Waals surface area contributed by atoms with Crippen LogP contribution >= 0.6 is 0 Å². The van der Waals surface area contributed by atoms with Crippen LogP contribution in [0.4, 0.5) is 0 Å². The molecule has 0 radical (unpaired) electrons. The van der Waals surface area contributed by atoms with Gasteiger partial charge in [-0.25, -0.2) is 0 Å². The van der Waals surface area contributed by atoms with E-state index in [1.165, 1.54) is 0 Å². The van der Waals surface area contributed by atoms with Gasteiger partial charge in [-0.15, -0.1) is 0 Å². The first-order chi connectivity index (χ1) is 6.27. The molecule has 13 heavy (non-hydrogen) atoms. The van der Waals surface area contributed by atoms with Crippen LogP contribution in [0.1, 0.15) is 18.0 Å². The van der Waals surface area contributed by atoms with Crippen molar-refractivity contribution in [3.05, 3.63) is 35.9 Å². The number of carbonyl (C=O) groups is 1. The molecule has 1 aliphatic rings. The van der Waals surface area contributed by atoms with Crippen molar-refractivity contribution in [3.63, 3.8) is 0 Å². The predicted molar refractivity (Wildman–Crippen MR) is 47.9 cm³/mol. The van der Waals surface area contributed by atoms with Gasteiger partial charge in [-0.2, -0.15) is 0 Å². The van der Waals surface area contributed by atoms with Crippen molar-refractivity contribution >= 4 is 5.91 Å². The highest BCUT2D eigenvalue weighted by atomic mass is 16.3. The number of aliphatic hydroxyl groups excluding tert-OH is 1. The van der Waals surface area contributed by atoms with Gasteiger partial charge in [0.15, 0.2) is 0 Å². The zero-order valence-electron chi connectivity index (χ0n) is 7.10. The summed E-state index contributed by atoms with van der Waals surface area (Å²) < 4.78 is 0. The maximum atomic E-state index is 11.0. The molecule has 3 nitrogen and oxygen atoms in total. The minimum Gasteiger partial charge on any atom is -0.390 e. The molecule has 0 bridgehead atoms. The van der Waals surface area contributed by atoms with Crippen molar-refractivity contribution in [2.45, 2.75) is 18.6 Å². The van der Waals surface area contributed by atoms with E-state index in [1.807, 2.05) is 30.3 Å². The molecule has 0 aromatic heterocycles. The molecule has 1 heterocycles. The lowest BCUT2D eigenvalue weighted by Crippen LogP contribution is -2.22. The Balaban J connectivity index is 2.23. The SMILES string of the molecule is O=C1C[C@H](O)[C@H](c2ccccc2)N1. The van der Waals surface area contributed by atoms with E-state index in [0.717, 1.165) is 5.56 Å². The molecule has 1 aliphatic heterocycles. The fraction of sp³-hybridized carbons (Fsp3) is 0.300. The van der Waals surface area contributed by atoms with Crippen LogP contribution in [-0.4, -0.2) is 17.1 Å². The quantitative estimate of drug-likeness (QED) is 0.660.